The van der Waals surface area contributed by atoms with Gasteiger partial charge in [0.1, 0.15) is 0 Å². The van der Waals surface area contributed by atoms with Crippen molar-refractivity contribution < 1.29 is 14.6 Å². The number of carboxylic acid groups (broad SMARTS) is 1. The van der Waals surface area contributed by atoms with Crippen LogP contribution in [0.1, 0.15) is 19.8 Å². The number of ether oxygens (including phenoxy) is 1. The second kappa shape index (κ2) is 5.92. The molecule has 1 unspecified atom stereocenters. The fraction of sp³-hybridized carbons (Fsp3) is 0.625. The van der Waals surface area contributed by atoms with Gasteiger partial charge in [0.25, 0.3) is 0 Å². The van der Waals surface area contributed by atoms with E-state index in [-0.39, 0.29) is 12.5 Å². The average molecular weight is 158 g/mol. The number of hydrogen-bond acceptors (Lipinski definition) is 2. The summed E-state index contributed by atoms with van der Waals surface area (Å²) in [6.07, 6.45) is 2.11. The Kier molecular flexibility index (Phi) is 5.47. The van der Waals surface area contributed by atoms with Crippen molar-refractivity contribution >= 4 is 5.97 Å². The first kappa shape index (κ1) is 10.2. The molecule has 0 bridgehead atoms. The summed E-state index contributed by atoms with van der Waals surface area (Å²) in [5, 5.41) is 8.42. The molecule has 0 fully saturated rings. The molecule has 0 aliphatic rings. The minimum atomic E-state index is -0.828. The van der Waals surface area contributed by atoms with Gasteiger partial charge in [-0.3, -0.25) is 4.79 Å². The lowest BCUT2D eigenvalue weighted by molar-refractivity contribution is -0.140. The first-order chi connectivity index (χ1) is 5.20. The molecule has 0 spiro atoms. The highest BCUT2D eigenvalue weighted by Crippen LogP contribution is 2.04. The van der Waals surface area contributed by atoms with E-state index in [9.17, 15) is 4.79 Å². The molecule has 0 aromatic heterocycles. The average Bonchev–Trinajstić information content (AvgIpc) is 1.87. The van der Waals surface area contributed by atoms with Gasteiger partial charge in [-0.15, -0.1) is 6.58 Å². The van der Waals surface area contributed by atoms with E-state index >= 15 is 0 Å². The van der Waals surface area contributed by atoms with Crippen LogP contribution in [0.25, 0.3) is 0 Å². The lowest BCUT2D eigenvalue weighted by Crippen LogP contribution is -2.16. The van der Waals surface area contributed by atoms with Crippen molar-refractivity contribution in [3.8, 4) is 0 Å². The topological polar surface area (TPSA) is 46.5 Å². The van der Waals surface area contributed by atoms with Gasteiger partial charge >= 0.3 is 5.97 Å². The van der Waals surface area contributed by atoms with Crippen molar-refractivity contribution in [1.29, 1.82) is 0 Å². The summed E-state index contributed by atoms with van der Waals surface area (Å²) in [5.41, 5.74) is 0. The molecule has 0 amide bonds. The first-order valence-electron chi connectivity index (χ1n) is 3.65. The zero-order chi connectivity index (χ0) is 8.69. The SMILES string of the molecule is C=CCC(CC(=O)O)OCC. The highest BCUT2D eigenvalue weighted by Gasteiger charge is 2.10. The van der Waals surface area contributed by atoms with Crippen LogP contribution in [0.15, 0.2) is 12.7 Å². The Balaban J connectivity index is 3.67. The number of rotatable bonds is 6. The monoisotopic (exact) mass is 158 g/mol. The molecular weight excluding hydrogens is 144 g/mol. The molecule has 0 saturated heterocycles. The van der Waals surface area contributed by atoms with Crippen LogP contribution in [-0.4, -0.2) is 23.8 Å². The second-order valence-electron chi connectivity index (χ2n) is 2.20. The van der Waals surface area contributed by atoms with Gasteiger partial charge in [-0.25, -0.2) is 0 Å². The Labute approximate surface area is 66.7 Å². The number of hydrogen-bond donors (Lipinski definition) is 1. The highest BCUT2D eigenvalue weighted by atomic mass is 16.5. The van der Waals surface area contributed by atoms with Crippen LogP contribution >= 0.6 is 0 Å². The Morgan fingerprint density at radius 3 is 2.82 bits per heavy atom. The molecule has 0 radical (unpaired) electrons. The Bertz CT molecular complexity index is 131. The standard InChI is InChI=1S/C8H14O3/c1-3-5-7(11-4-2)6-8(9)10/h3,7H,1,4-6H2,2H3,(H,9,10). The molecule has 64 valence electrons. The van der Waals surface area contributed by atoms with E-state index < -0.39 is 5.97 Å². The summed E-state index contributed by atoms with van der Waals surface area (Å²) in [6.45, 7) is 5.91. The summed E-state index contributed by atoms with van der Waals surface area (Å²) in [5.74, 6) is -0.828. The molecular formula is C8H14O3. The fourth-order valence-corrected chi connectivity index (χ4v) is 0.827. The third kappa shape index (κ3) is 5.61. The summed E-state index contributed by atoms with van der Waals surface area (Å²) >= 11 is 0. The minimum absolute atomic E-state index is 0.0554. The lowest BCUT2D eigenvalue weighted by Gasteiger charge is -2.11. The van der Waals surface area contributed by atoms with Crippen LogP contribution in [0.5, 0.6) is 0 Å². The maximum absolute atomic E-state index is 10.2. The molecule has 0 heterocycles. The number of carbonyl (C=O) groups is 1. The number of carboxylic acids is 1. The van der Waals surface area contributed by atoms with Gasteiger partial charge in [0.15, 0.2) is 0 Å². The van der Waals surface area contributed by atoms with Crippen molar-refractivity contribution in [1.82, 2.24) is 0 Å². The predicted octanol–water partition coefficient (Wildman–Crippen LogP) is 1.44. The van der Waals surface area contributed by atoms with Gasteiger partial charge in [-0.05, 0) is 13.3 Å². The molecule has 0 aromatic rings. The van der Waals surface area contributed by atoms with Crippen LogP contribution in [0.2, 0.25) is 0 Å². The minimum Gasteiger partial charge on any atom is -0.481 e. The van der Waals surface area contributed by atoms with Crippen molar-refractivity contribution in [2.24, 2.45) is 0 Å². The highest BCUT2D eigenvalue weighted by molar-refractivity contribution is 5.67. The fourth-order valence-electron chi connectivity index (χ4n) is 0.827. The van der Waals surface area contributed by atoms with E-state index in [1.165, 1.54) is 0 Å². The van der Waals surface area contributed by atoms with Crippen molar-refractivity contribution in [3.63, 3.8) is 0 Å². The van der Waals surface area contributed by atoms with Gasteiger partial charge in [-0.2, -0.15) is 0 Å². The van der Waals surface area contributed by atoms with Crippen LogP contribution in [0.3, 0.4) is 0 Å². The van der Waals surface area contributed by atoms with Crippen LogP contribution in [0.4, 0.5) is 0 Å². The van der Waals surface area contributed by atoms with Crippen LogP contribution in [-0.2, 0) is 9.53 Å². The Morgan fingerprint density at radius 2 is 2.45 bits per heavy atom. The first-order valence-corrected chi connectivity index (χ1v) is 3.65. The molecule has 0 rings (SSSR count). The molecule has 11 heavy (non-hydrogen) atoms. The Morgan fingerprint density at radius 1 is 1.82 bits per heavy atom. The maximum Gasteiger partial charge on any atom is 0.305 e. The van der Waals surface area contributed by atoms with E-state index in [0.717, 1.165) is 0 Å². The van der Waals surface area contributed by atoms with Crippen molar-refractivity contribution in [2.75, 3.05) is 6.61 Å². The third-order valence-electron chi connectivity index (χ3n) is 1.23. The van der Waals surface area contributed by atoms with Gasteiger partial charge in [0.2, 0.25) is 0 Å². The smallest absolute Gasteiger partial charge is 0.305 e. The van der Waals surface area contributed by atoms with Gasteiger partial charge < -0.3 is 9.84 Å². The van der Waals surface area contributed by atoms with E-state index in [4.69, 9.17) is 9.84 Å². The van der Waals surface area contributed by atoms with E-state index in [1.807, 2.05) is 6.92 Å². The summed E-state index contributed by atoms with van der Waals surface area (Å²) in [7, 11) is 0. The molecule has 3 nitrogen and oxygen atoms in total. The molecule has 3 heteroatoms. The molecule has 1 atom stereocenters. The third-order valence-corrected chi connectivity index (χ3v) is 1.23. The zero-order valence-electron chi connectivity index (χ0n) is 6.75. The Hall–Kier alpha value is -0.830. The summed E-state index contributed by atoms with van der Waals surface area (Å²) in [6, 6.07) is 0. The van der Waals surface area contributed by atoms with E-state index in [2.05, 4.69) is 6.58 Å². The molecule has 1 N–H and O–H groups in total. The quantitative estimate of drug-likeness (QED) is 0.595. The van der Waals surface area contributed by atoms with Gasteiger partial charge in [-0.1, -0.05) is 6.08 Å². The number of aliphatic carboxylic acids is 1. The molecule has 0 aliphatic heterocycles. The zero-order valence-corrected chi connectivity index (χ0v) is 6.75. The van der Waals surface area contributed by atoms with E-state index in [1.54, 1.807) is 6.08 Å². The molecule has 0 saturated carbocycles. The maximum atomic E-state index is 10.2. The van der Waals surface area contributed by atoms with Crippen LogP contribution in [0, 0.1) is 0 Å². The van der Waals surface area contributed by atoms with E-state index in [0.29, 0.717) is 13.0 Å². The van der Waals surface area contributed by atoms with Crippen molar-refractivity contribution in [3.05, 3.63) is 12.7 Å². The van der Waals surface area contributed by atoms with Gasteiger partial charge in [0, 0.05) is 6.61 Å². The van der Waals surface area contributed by atoms with Crippen molar-refractivity contribution in [2.45, 2.75) is 25.9 Å². The second-order valence-corrected chi connectivity index (χ2v) is 2.20. The largest absolute Gasteiger partial charge is 0.481 e. The summed E-state index contributed by atoms with van der Waals surface area (Å²) in [4.78, 5) is 10.2. The normalized spacial score (nSPS) is 12.5. The van der Waals surface area contributed by atoms with Crippen LogP contribution < -0.4 is 0 Å². The predicted molar refractivity (Wildman–Crippen MR) is 42.5 cm³/mol. The lowest BCUT2D eigenvalue weighted by atomic mass is 10.2. The van der Waals surface area contributed by atoms with Gasteiger partial charge in [0.05, 0.1) is 12.5 Å². The summed E-state index contributed by atoms with van der Waals surface area (Å²) < 4.78 is 5.14. The molecule has 0 aromatic carbocycles. The molecule has 0 aliphatic carbocycles.